The molecule has 1 heterocycles. The number of nitrogens with one attached hydrogen (secondary N) is 3. The van der Waals surface area contributed by atoms with E-state index in [-0.39, 0.29) is 18.4 Å². The molecule has 7 nitrogen and oxygen atoms in total. The molecule has 7 heteroatoms. The molecule has 2 aromatic rings. The van der Waals surface area contributed by atoms with Crippen LogP contribution in [0.25, 0.3) is 11.4 Å². The van der Waals surface area contributed by atoms with Crippen molar-refractivity contribution >= 4 is 11.8 Å². The third kappa shape index (κ3) is 3.19. The maximum atomic E-state index is 11.8. The van der Waals surface area contributed by atoms with Crippen molar-refractivity contribution < 1.29 is 9.59 Å². The predicted molar refractivity (Wildman–Crippen MR) is 73.0 cm³/mol. The van der Waals surface area contributed by atoms with E-state index in [0.29, 0.717) is 11.4 Å². The van der Waals surface area contributed by atoms with Crippen LogP contribution in [0.15, 0.2) is 24.3 Å². The molecule has 0 saturated carbocycles. The van der Waals surface area contributed by atoms with E-state index in [1.54, 1.807) is 24.3 Å². The lowest BCUT2D eigenvalue weighted by atomic mass is 10.1. The first-order chi connectivity index (χ1) is 9.60. The summed E-state index contributed by atoms with van der Waals surface area (Å²) in [5.41, 5.74) is 1.29. The molecule has 0 fully saturated rings. The second-order valence-electron chi connectivity index (χ2n) is 4.18. The molecule has 3 N–H and O–H groups in total. The van der Waals surface area contributed by atoms with Crippen molar-refractivity contribution in [2.24, 2.45) is 0 Å². The summed E-state index contributed by atoms with van der Waals surface area (Å²) in [6.45, 7) is 1.77. The molecule has 0 unspecified atom stereocenters. The molecule has 0 spiro atoms. The first-order valence-electron chi connectivity index (χ1n) is 6.08. The average molecular weight is 273 g/mol. The van der Waals surface area contributed by atoms with E-state index in [1.165, 1.54) is 7.05 Å². The van der Waals surface area contributed by atoms with Gasteiger partial charge in [-0.15, -0.1) is 0 Å². The Labute approximate surface area is 115 Å². The normalized spacial score (nSPS) is 10.1. The van der Waals surface area contributed by atoms with Crippen molar-refractivity contribution in [1.29, 1.82) is 0 Å². The van der Waals surface area contributed by atoms with Crippen molar-refractivity contribution in [2.75, 3.05) is 13.6 Å². The lowest BCUT2D eigenvalue weighted by Gasteiger charge is -2.04. The monoisotopic (exact) mass is 273 g/mol. The summed E-state index contributed by atoms with van der Waals surface area (Å²) in [6.07, 6.45) is 0. The number of hydrogen-bond donors (Lipinski definition) is 3. The van der Waals surface area contributed by atoms with E-state index >= 15 is 0 Å². The van der Waals surface area contributed by atoms with Gasteiger partial charge in [-0.1, -0.05) is 12.1 Å². The third-order valence-corrected chi connectivity index (χ3v) is 2.69. The Morgan fingerprint density at radius 3 is 2.50 bits per heavy atom. The van der Waals surface area contributed by atoms with Crippen molar-refractivity contribution in [1.82, 2.24) is 25.8 Å². The van der Waals surface area contributed by atoms with Crippen molar-refractivity contribution in [2.45, 2.75) is 6.92 Å². The van der Waals surface area contributed by atoms with Crippen LogP contribution >= 0.6 is 0 Å². The predicted octanol–water partition coefficient (Wildman–Crippen LogP) is 0.256. The van der Waals surface area contributed by atoms with E-state index < -0.39 is 0 Å². The topological polar surface area (TPSA) is 99.8 Å². The lowest BCUT2D eigenvalue weighted by molar-refractivity contribution is -0.119. The van der Waals surface area contributed by atoms with Gasteiger partial charge in [0.05, 0.1) is 6.54 Å². The number of likely N-dealkylation sites (N-methyl/N-ethyl adjacent to an activating group) is 1. The summed E-state index contributed by atoms with van der Waals surface area (Å²) in [7, 11) is 1.52. The Morgan fingerprint density at radius 2 is 1.95 bits per heavy atom. The van der Waals surface area contributed by atoms with Gasteiger partial charge in [0.2, 0.25) is 5.91 Å². The summed E-state index contributed by atoms with van der Waals surface area (Å²) in [4.78, 5) is 27.0. The Balaban J connectivity index is 2.04. The minimum absolute atomic E-state index is 0.0444. The van der Waals surface area contributed by atoms with Crippen LogP contribution in [0.2, 0.25) is 0 Å². The molecule has 0 radical (unpaired) electrons. The fraction of sp³-hybridized carbons (Fsp3) is 0.231. The second-order valence-corrected chi connectivity index (χ2v) is 4.18. The minimum Gasteiger partial charge on any atom is -0.358 e. The molecule has 0 aliphatic rings. The summed E-state index contributed by atoms with van der Waals surface area (Å²) in [6, 6.07) is 6.86. The van der Waals surface area contributed by atoms with E-state index in [9.17, 15) is 9.59 Å². The van der Waals surface area contributed by atoms with Crippen LogP contribution in [-0.2, 0) is 4.79 Å². The molecule has 2 amide bonds. The van der Waals surface area contributed by atoms with Gasteiger partial charge in [0, 0.05) is 18.2 Å². The van der Waals surface area contributed by atoms with Gasteiger partial charge in [0.15, 0.2) is 5.82 Å². The van der Waals surface area contributed by atoms with Crippen molar-refractivity contribution in [3.05, 3.63) is 35.7 Å². The highest BCUT2D eigenvalue weighted by Crippen LogP contribution is 2.15. The minimum atomic E-state index is -0.300. The van der Waals surface area contributed by atoms with E-state index in [4.69, 9.17) is 0 Å². The molecule has 0 bridgehead atoms. The van der Waals surface area contributed by atoms with Crippen LogP contribution in [0.1, 0.15) is 16.2 Å². The van der Waals surface area contributed by atoms with Crippen LogP contribution in [0.4, 0.5) is 0 Å². The summed E-state index contributed by atoms with van der Waals surface area (Å²) in [5.74, 6) is 0.768. The fourth-order valence-electron chi connectivity index (χ4n) is 1.59. The standard InChI is InChI=1S/C13H15N5O2/c1-8-16-12(18-17-8)9-3-5-10(6-4-9)13(20)15-7-11(19)14-2/h3-6H,7H2,1-2H3,(H,14,19)(H,15,20)(H,16,17,18). The van der Waals surface area contributed by atoms with Crippen LogP contribution in [0, 0.1) is 6.92 Å². The zero-order valence-corrected chi connectivity index (χ0v) is 11.2. The van der Waals surface area contributed by atoms with E-state index in [0.717, 1.165) is 11.4 Å². The fourth-order valence-corrected chi connectivity index (χ4v) is 1.59. The number of aryl methyl sites for hydroxylation is 1. The van der Waals surface area contributed by atoms with Gasteiger partial charge in [0.25, 0.3) is 5.91 Å². The summed E-state index contributed by atoms with van der Waals surface area (Å²) < 4.78 is 0. The number of aromatic nitrogens is 3. The van der Waals surface area contributed by atoms with Crippen LogP contribution in [-0.4, -0.2) is 40.6 Å². The summed E-state index contributed by atoms with van der Waals surface area (Å²) in [5, 5.41) is 11.8. The van der Waals surface area contributed by atoms with Gasteiger partial charge in [-0.3, -0.25) is 14.7 Å². The quantitative estimate of drug-likeness (QED) is 0.743. The highest BCUT2D eigenvalue weighted by molar-refractivity contribution is 5.96. The highest BCUT2D eigenvalue weighted by atomic mass is 16.2. The molecule has 1 aromatic heterocycles. The second kappa shape index (κ2) is 5.96. The highest BCUT2D eigenvalue weighted by Gasteiger charge is 2.08. The van der Waals surface area contributed by atoms with Crippen LogP contribution in [0.3, 0.4) is 0 Å². The number of rotatable bonds is 4. The molecule has 0 aliphatic heterocycles. The molecule has 0 atom stereocenters. The number of carbonyl (C=O) groups is 2. The molecule has 2 rings (SSSR count). The molecular weight excluding hydrogens is 258 g/mol. The molecule has 0 saturated heterocycles. The van der Waals surface area contributed by atoms with Gasteiger partial charge < -0.3 is 10.6 Å². The van der Waals surface area contributed by atoms with Gasteiger partial charge in [-0.2, -0.15) is 5.10 Å². The molecule has 1 aromatic carbocycles. The molecule has 104 valence electrons. The number of nitrogens with zero attached hydrogens (tertiary/aromatic N) is 2. The molecule has 0 aliphatic carbocycles. The van der Waals surface area contributed by atoms with Crippen LogP contribution < -0.4 is 10.6 Å². The number of amides is 2. The molecular formula is C13H15N5O2. The lowest BCUT2D eigenvalue weighted by Crippen LogP contribution is -2.35. The summed E-state index contributed by atoms with van der Waals surface area (Å²) >= 11 is 0. The number of aromatic amines is 1. The van der Waals surface area contributed by atoms with Crippen molar-refractivity contribution in [3.63, 3.8) is 0 Å². The number of hydrogen-bond acceptors (Lipinski definition) is 4. The Kier molecular flexibility index (Phi) is 4.09. The van der Waals surface area contributed by atoms with Gasteiger partial charge in [0.1, 0.15) is 5.82 Å². The van der Waals surface area contributed by atoms with Crippen molar-refractivity contribution in [3.8, 4) is 11.4 Å². The first kappa shape index (κ1) is 13.7. The van der Waals surface area contributed by atoms with Gasteiger partial charge in [-0.05, 0) is 19.1 Å². The third-order valence-electron chi connectivity index (χ3n) is 2.69. The smallest absolute Gasteiger partial charge is 0.251 e. The SMILES string of the molecule is CNC(=O)CNC(=O)c1ccc(-c2n[nH]c(C)n2)cc1. The number of H-pyrrole nitrogens is 1. The number of benzene rings is 1. The zero-order valence-electron chi connectivity index (χ0n) is 11.2. The van der Waals surface area contributed by atoms with Gasteiger partial charge >= 0.3 is 0 Å². The van der Waals surface area contributed by atoms with Crippen LogP contribution in [0.5, 0.6) is 0 Å². The number of carbonyl (C=O) groups excluding carboxylic acids is 2. The maximum absolute atomic E-state index is 11.8. The average Bonchev–Trinajstić information content (AvgIpc) is 2.91. The maximum Gasteiger partial charge on any atom is 0.251 e. The van der Waals surface area contributed by atoms with E-state index in [1.807, 2.05) is 6.92 Å². The zero-order chi connectivity index (χ0) is 14.5. The Bertz CT molecular complexity index is 618. The largest absolute Gasteiger partial charge is 0.358 e. The van der Waals surface area contributed by atoms with Gasteiger partial charge in [-0.25, -0.2) is 4.98 Å². The van der Waals surface area contributed by atoms with E-state index in [2.05, 4.69) is 25.8 Å². The molecule has 20 heavy (non-hydrogen) atoms. The Hall–Kier alpha value is -2.70. The first-order valence-corrected chi connectivity index (χ1v) is 6.08. The Morgan fingerprint density at radius 1 is 1.25 bits per heavy atom.